The lowest BCUT2D eigenvalue weighted by atomic mass is 9.86. The first kappa shape index (κ1) is 17.4. The lowest BCUT2D eigenvalue weighted by Crippen LogP contribution is -2.52. The molecule has 2 bridgehead atoms. The molecule has 2 aromatic rings. The molecule has 3 aliphatic rings. The summed E-state index contributed by atoms with van der Waals surface area (Å²) in [5.41, 5.74) is 0.706. The van der Waals surface area contributed by atoms with Crippen LogP contribution in [-0.2, 0) is 4.74 Å². The molecule has 0 aliphatic carbocycles. The van der Waals surface area contributed by atoms with E-state index in [0.29, 0.717) is 22.6 Å². The lowest BCUT2D eigenvalue weighted by Gasteiger charge is -2.44. The first-order chi connectivity index (χ1) is 12.6. The van der Waals surface area contributed by atoms with Crippen LogP contribution in [0.1, 0.15) is 12.8 Å². The van der Waals surface area contributed by atoms with E-state index in [1.165, 1.54) is 17.4 Å². The second-order valence-electron chi connectivity index (χ2n) is 6.48. The van der Waals surface area contributed by atoms with E-state index in [2.05, 4.69) is 24.9 Å². The molecule has 6 nitrogen and oxygen atoms in total. The molecule has 0 saturated carbocycles. The number of anilines is 1. The summed E-state index contributed by atoms with van der Waals surface area (Å²) in [6.07, 6.45) is 2.47. The highest BCUT2D eigenvalue weighted by Gasteiger charge is 2.36. The summed E-state index contributed by atoms with van der Waals surface area (Å²) in [5, 5.41) is 3.72. The Labute approximate surface area is 153 Å². The van der Waals surface area contributed by atoms with Gasteiger partial charge in [0.1, 0.15) is 11.9 Å². The van der Waals surface area contributed by atoms with Crippen molar-refractivity contribution in [2.45, 2.75) is 25.6 Å². The minimum absolute atomic E-state index is 0.121. The molecule has 5 rings (SSSR count). The van der Waals surface area contributed by atoms with Crippen molar-refractivity contribution in [3.8, 4) is 5.75 Å². The van der Waals surface area contributed by atoms with Crippen molar-refractivity contribution in [1.82, 2.24) is 9.88 Å². The fourth-order valence-electron chi connectivity index (χ4n) is 3.55. The minimum atomic E-state index is -2.84. The third-order valence-electron chi connectivity index (χ3n) is 4.86. The van der Waals surface area contributed by atoms with Crippen molar-refractivity contribution >= 4 is 32.7 Å². The number of thiazole rings is 1. The van der Waals surface area contributed by atoms with Crippen molar-refractivity contribution in [3.05, 3.63) is 18.2 Å². The zero-order chi connectivity index (χ0) is 18.1. The molecule has 0 spiro atoms. The number of nitrogens with one attached hydrogen (secondary N) is 1. The molecule has 140 valence electrons. The molecule has 9 heteroatoms. The number of halogens is 2. The topological polar surface area (TPSA) is 59.0 Å². The minimum Gasteiger partial charge on any atom is -0.460 e. The van der Waals surface area contributed by atoms with Crippen molar-refractivity contribution in [2.24, 2.45) is 10.9 Å². The number of aromatic nitrogens is 1. The van der Waals surface area contributed by atoms with E-state index < -0.39 is 6.61 Å². The molecule has 4 heterocycles. The molecular formula is C17H20F2N4O2S. The first-order valence-corrected chi connectivity index (χ1v) is 9.40. The van der Waals surface area contributed by atoms with Crippen LogP contribution in [0.15, 0.2) is 23.2 Å². The Hall–Kier alpha value is -2.00. The number of piperidine rings is 3. The highest BCUT2D eigenvalue weighted by atomic mass is 32.1. The Balaban J connectivity index is 1.45. The number of fused-ring (bicyclic) bond motifs is 4. The highest BCUT2D eigenvalue weighted by Crippen LogP contribution is 2.32. The Morgan fingerprint density at radius 3 is 2.85 bits per heavy atom. The number of hydrogen-bond acceptors (Lipinski definition) is 6. The van der Waals surface area contributed by atoms with E-state index in [4.69, 9.17) is 4.74 Å². The number of amidine groups is 1. The number of rotatable bonds is 4. The summed E-state index contributed by atoms with van der Waals surface area (Å²) in [7, 11) is 1.67. The highest BCUT2D eigenvalue weighted by molar-refractivity contribution is 7.22. The number of ether oxygens (including phenoxy) is 2. The van der Waals surface area contributed by atoms with Gasteiger partial charge in [-0.2, -0.15) is 8.78 Å². The normalized spacial score (nSPS) is 25.7. The lowest BCUT2D eigenvalue weighted by molar-refractivity contribution is -0.0497. The van der Waals surface area contributed by atoms with Gasteiger partial charge in [0.25, 0.3) is 6.02 Å². The van der Waals surface area contributed by atoms with Gasteiger partial charge in [-0.15, -0.1) is 0 Å². The van der Waals surface area contributed by atoms with Gasteiger partial charge in [0.05, 0.1) is 10.2 Å². The summed E-state index contributed by atoms with van der Waals surface area (Å²) >= 11 is 1.34. The second kappa shape index (κ2) is 7.32. The molecular weight excluding hydrogens is 362 g/mol. The summed E-state index contributed by atoms with van der Waals surface area (Å²) in [5.74, 6) is 0.693. The third-order valence-corrected chi connectivity index (χ3v) is 5.79. The average Bonchev–Trinajstić information content (AvgIpc) is 3.03. The smallest absolute Gasteiger partial charge is 0.387 e. The number of alkyl halides is 2. The van der Waals surface area contributed by atoms with Crippen molar-refractivity contribution in [1.29, 1.82) is 0 Å². The van der Waals surface area contributed by atoms with Gasteiger partial charge < -0.3 is 9.47 Å². The molecule has 0 amide bonds. The van der Waals surface area contributed by atoms with Crippen molar-refractivity contribution in [2.75, 3.05) is 32.0 Å². The van der Waals surface area contributed by atoms with E-state index in [1.54, 1.807) is 19.2 Å². The van der Waals surface area contributed by atoms with Gasteiger partial charge in [0.15, 0.2) is 5.13 Å². The number of aliphatic imine (C=N–C) groups is 1. The average molecular weight is 382 g/mol. The standard InChI is InChI=1S/C17H20F2N4O2S/c1-20-16(25-13-9-23-6-4-10(13)5-7-23)22-17-21-12-3-2-11(24-15(18)19)8-14(12)26-17/h2-3,8,10,13,15H,4-7,9H2,1H3,(H,20,21,22)/t13-/m0/s1. The molecule has 1 aromatic carbocycles. The van der Waals surface area contributed by atoms with Crippen LogP contribution >= 0.6 is 11.3 Å². The molecule has 0 radical (unpaired) electrons. The van der Waals surface area contributed by atoms with Crippen LogP contribution in [0.25, 0.3) is 10.2 Å². The zero-order valence-electron chi connectivity index (χ0n) is 14.3. The predicted molar refractivity (Wildman–Crippen MR) is 97.3 cm³/mol. The Morgan fingerprint density at radius 1 is 1.38 bits per heavy atom. The van der Waals surface area contributed by atoms with Crippen LogP contribution in [0, 0.1) is 5.92 Å². The van der Waals surface area contributed by atoms with Crippen LogP contribution in [0.3, 0.4) is 0 Å². The maximum atomic E-state index is 12.3. The van der Waals surface area contributed by atoms with Crippen LogP contribution in [-0.4, -0.2) is 55.3 Å². The third kappa shape index (κ3) is 3.73. The maximum absolute atomic E-state index is 12.3. The van der Waals surface area contributed by atoms with Gasteiger partial charge in [0, 0.05) is 13.6 Å². The molecule has 1 atom stereocenters. The zero-order valence-corrected chi connectivity index (χ0v) is 15.1. The summed E-state index contributed by atoms with van der Waals surface area (Å²) in [6.45, 7) is 0.390. The Morgan fingerprint density at radius 2 is 2.19 bits per heavy atom. The number of hydrogen-bond donors (Lipinski definition) is 1. The van der Waals surface area contributed by atoms with Crippen molar-refractivity contribution < 1.29 is 18.3 Å². The van der Waals surface area contributed by atoms with Gasteiger partial charge in [-0.3, -0.25) is 10.2 Å². The summed E-state index contributed by atoms with van der Waals surface area (Å²) in [6, 6.07) is 5.13. The summed E-state index contributed by atoms with van der Waals surface area (Å²) < 4.78 is 36.0. The van der Waals surface area contributed by atoms with Crippen molar-refractivity contribution in [3.63, 3.8) is 0 Å². The van der Waals surface area contributed by atoms with Crippen LogP contribution in [0.5, 0.6) is 5.75 Å². The van der Waals surface area contributed by atoms with Crippen LogP contribution < -0.4 is 10.1 Å². The van der Waals surface area contributed by atoms with Gasteiger partial charge in [-0.25, -0.2) is 9.98 Å². The maximum Gasteiger partial charge on any atom is 0.387 e. The molecule has 1 aromatic heterocycles. The monoisotopic (exact) mass is 382 g/mol. The quantitative estimate of drug-likeness (QED) is 0.649. The van der Waals surface area contributed by atoms with Gasteiger partial charge in [-0.1, -0.05) is 11.3 Å². The molecule has 3 fully saturated rings. The SMILES string of the molecule is CN=C(Nc1nc2ccc(OC(F)F)cc2s1)O[C@H]1CN2CCC1CC2. The summed E-state index contributed by atoms with van der Waals surface area (Å²) in [4.78, 5) is 11.1. The van der Waals surface area contributed by atoms with Crippen LogP contribution in [0.2, 0.25) is 0 Å². The fraction of sp³-hybridized carbons (Fsp3) is 0.529. The number of nitrogens with zero attached hydrogens (tertiary/aromatic N) is 3. The Kier molecular flexibility index (Phi) is 4.90. The van der Waals surface area contributed by atoms with E-state index in [1.807, 2.05) is 0 Å². The molecule has 1 N–H and O–H groups in total. The van der Waals surface area contributed by atoms with E-state index in [-0.39, 0.29) is 11.9 Å². The molecule has 26 heavy (non-hydrogen) atoms. The fourth-order valence-corrected chi connectivity index (χ4v) is 4.44. The Bertz CT molecular complexity index is 805. The van der Waals surface area contributed by atoms with Gasteiger partial charge >= 0.3 is 6.61 Å². The van der Waals surface area contributed by atoms with Gasteiger partial charge in [-0.05, 0) is 50.0 Å². The molecule has 3 saturated heterocycles. The van der Waals surface area contributed by atoms with E-state index >= 15 is 0 Å². The first-order valence-electron chi connectivity index (χ1n) is 8.59. The van der Waals surface area contributed by atoms with Gasteiger partial charge in [0.2, 0.25) is 0 Å². The predicted octanol–water partition coefficient (Wildman–Crippen LogP) is 3.41. The number of benzene rings is 1. The van der Waals surface area contributed by atoms with E-state index in [0.717, 1.165) is 37.2 Å². The molecule has 3 aliphatic heterocycles. The van der Waals surface area contributed by atoms with Crippen LogP contribution in [0.4, 0.5) is 13.9 Å². The second-order valence-corrected chi connectivity index (χ2v) is 7.51. The molecule has 0 unspecified atom stereocenters. The van der Waals surface area contributed by atoms with E-state index in [9.17, 15) is 8.78 Å². The largest absolute Gasteiger partial charge is 0.460 e.